The normalized spacial score (nSPS) is 10.9. The molecule has 3 aromatic rings. The van der Waals surface area contributed by atoms with E-state index in [1.807, 2.05) is 66.7 Å². The lowest BCUT2D eigenvalue weighted by molar-refractivity contribution is -0.111. The first kappa shape index (κ1) is 23.5. The Morgan fingerprint density at radius 2 is 1.24 bits per heavy atom. The molecule has 0 aliphatic heterocycles. The molecule has 0 unspecified atom stereocenters. The summed E-state index contributed by atoms with van der Waals surface area (Å²) in [6.45, 7) is 0. The monoisotopic (exact) mass is 445 g/mol. The Balaban J connectivity index is 1.62. The van der Waals surface area contributed by atoms with Crippen LogP contribution in [-0.4, -0.2) is 34.3 Å². The maximum atomic E-state index is 12.3. The van der Waals surface area contributed by atoms with Crippen LogP contribution in [0.5, 0.6) is 23.0 Å². The van der Waals surface area contributed by atoms with E-state index in [1.165, 1.54) is 6.08 Å². The SMILES string of the molecule is COc1cc(/C=C/c2ccc(NC(=O)/C=C/c3ccc(OC)c(OC)c3)cc2)cc(OC)c1. The van der Waals surface area contributed by atoms with E-state index in [4.69, 9.17) is 18.9 Å². The van der Waals surface area contributed by atoms with Gasteiger partial charge in [0.15, 0.2) is 11.5 Å². The second-order valence-electron chi connectivity index (χ2n) is 7.04. The van der Waals surface area contributed by atoms with Crippen LogP contribution in [0.2, 0.25) is 0 Å². The third-order valence-corrected chi connectivity index (χ3v) is 4.85. The van der Waals surface area contributed by atoms with Crippen molar-refractivity contribution in [3.05, 3.63) is 83.4 Å². The quantitative estimate of drug-likeness (QED) is 0.346. The van der Waals surface area contributed by atoms with Gasteiger partial charge in [-0.05, 0) is 59.2 Å². The summed E-state index contributed by atoms with van der Waals surface area (Å²) in [5.41, 5.74) is 3.49. The van der Waals surface area contributed by atoms with Crippen molar-refractivity contribution in [2.24, 2.45) is 0 Å². The Morgan fingerprint density at radius 1 is 0.636 bits per heavy atom. The second kappa shape index (κ2) is 11.4. The molecule has 0 radical (unpaired) electrons. The number of carbonyl (C=O) groups is 1. The standard InChI is InChI=1S/C27H27NO5/c1-30-23-15-21(16-24(18-23)31-2)6-5-19-7-11-22(12-8-19)28-27(29)14-10-20-9-13-25(32-3)26(17-20)33-4/h5-18H,1-4H3,(H,28,29)/b6-5+,14-10+. The minimum atomic E-state index is -0.225. The molecule has 1 amide bonds. The lowest BCUT2D eigenvalue weighted by atomic mass is 10.1. The average Bonchev–Trinajstić information content (AvgIpc) is 2.86. The predicted octanol–water partition coefficient (Wildman–Crippen LogP) is 5.54. The first-order valence-corrected chi connectivity index (χ1v) is 10.3. The molecule has 3 rings (SSSR count). The van der Waals surface area contributed by atoms with Crippen LogP contribution in [0.4, 0.5) is 5.69 Å². The Hall–Kier alpha value is -4.19. The van der Waals surface area contributed by atoms with E-state index < -0.39 is 0 Å². The summed E-state index contributed by atoms with van der Waals surface area (Å²) in [5.74, 6) is 2.48. The fourth-order valence-electron chi connectivity index (χ4n) is 3.11. The van der Waals surface area contributed by atoms with Gasteiger partial charge >= 0.3 is 0 Å². The second-order valence-corrected chi connectivity index (χ2v) is 7.04. The van der Waals surface area contributed by atoms with Crippen LogP contribution < -0.4 is 24.3 Å². The summed E-state index contributed by atoms with van der Waals surface area (Å²) in [6.07, 6.45) is 7.16. The maximum Gasteiger partial charge on any atom is 0.248 e. The average molecular weight is 446 g/mol. The summed E-state index contributed by atoms with van der Waals surface area (Å²) < 4.78 is 21.1. The van der Waals surface area contributed by atoms with Gasteiger partial charge in [-0.1, -0.05) is 30.4 Å². The van der Waals surface area contributed by atoms with E-state index >= 15 is 0 Å². The molecule has 0 aliphatic carbocycles. The molecule has 0 spiro atoms. The van der Waals surface area contributed by atoms with Crippen LogP contribution in [0.1, 0.15) is 16.7 Å². The molecule has 0 saturated heterocycles. The van der Waals surface area contributed by atoms with Gasteiger partial charge in [0.2, 0.25) is 5.91 Å². The van der Waals surface area contributed by atoms with Gasteiger partial charge < -0.3 is 24.3 Å². The Labute approximate surface area is 194 Å². The first-order valence-electron chi connectivity index (χ1n) is 10.3. The maximum absolute atomic E-state index is 12.3. The molecule has 6 nitrogen and oxygen atoms in total. The molecule has 3 aromatic carbocycles. The van der Waals surface area contributed by atoms with Crippen LogP contribution >= 0.6 is 0 Å². The van der Waals surface area contributed by atoms with Crippen molar-refractivity contribution in [1.29, 1.82) is 0 Å². The topological polar surface area (TPSA) is 66.0 Å². The molecule has 0 heterocycles. The first-order chi connectivity index (χ1) is 16.0. The van der Waals surface area contributed by atoms with E-state index in [-0.39, 0.29) is 5.91 Å². The summed E-state index contributed by atoms with van der Waals surface area (Å²) in [6, 6.07) is 18.7. The zero-order valence-electron chi connectivity index (χ0n) is 19.1. The van der Waals surface area contributed by atoms with Gasteiger partial charge in [-0.25, -0.2) is 0 Å². The Bertz CT molecular complexity index is 1130. The summed E-state index contributed by atoms with van der Waals surface area (Å²) in [7, 11) is 6.40. The molecular formula is C27H27NO5. The number of benzene rings is 3. The molecule has 0 bridgehead atoms. The van der Waals surface area contributed by atoms with Gasteiger partial charge in [-0.2, -0.15) is 0 Å². The molecule has 0 fully saturated rings. The number of methoxy groups -OCH3 is 4. The fraction of sp³-hybridized carbons (Fsp3) is 0.148. The van der Waals surface area contributed by atoms with Crippen molar-refractivity contribution in [2.75, 3.05) is 33.8 Å². The zero-order chi connectivity index (χ0) is 23.6. The molecule has 0 aliphatic rings. The van der Waals surface area contributed by atoms with Crippen molar-refractivity contribution in [2.45, 2.75) is 0 Å². The number of carbonyl (C=O) groups excluding carboxylic acids is 1. The lowest BCUT2D eigenvalue weighted by Crippen LogP contribution is -2.07. The fourth-order valence-corrected chi connectivity index (χ4v) is 3.11. The summed E-state index contributed by atoms with van der Waals surface area (Å²) in [5, 5.41) is 2.86. The van der Waals surface area contributed by atoms with Crippen molar-refractivity contribution in [3.63, 3.8) is 0 Å². The van der Waals surface area contributed by atoms with E-state index in [1.54, 1.807) is 40.6 Å². The number of amides is 1. The highest BCUT2D eigenvalue weighted by Crippen LogP contribution is 2.28. The molecule has 6 heteroatoms. The molecule has 1 N–H and O–H groups in total. The molecule has 0 aromatic heterocycles. The van der Waals surface area contributed by atoms with Crippen LogP contribution in [0.25, 0.3) is 18.2 Å². The molecule has 0 atom stereocenters. The third-order valence-electron chi connectivity index (χ3n) is 4.85. The lowest BCUT2D eigenvalue weighted by Gasteiger charge is -2.07. The molecule has 0 saturated carbocycles. The van der Waals surface area contributed by atoms with Crippen molar-refractivity contribution >= 4 is 29.8 Å². The van der Waals surface area contributed by atoms with Crippen molar-refractivity contribution < 1.29 is 23.7 Å². The van der Waals surface area contributed by atoms with Crippen LogP contribution in [0.15, 0.2) is 66.7 Å². The number of ether oxygens (including phenoxy) is 4. The molecular weight excluding hydrogens is 418 g/mol. The number of rotatable bonds is 9. The summed E-state index contributed by atoms with van der Waals surface area (Å²) in [4.78, 5) is 12.3. The van der Waals surface area contributed by atoms with Crippen LogP contribution in [-0.2, 0) is 4.79 Å². The van der Waals surface area contributed by atoms with Crippen molar-refractivity contribution in [3.8, 4) is 23.0 Å². The van der Waals surface area contributed by atoms with E-state index in [0.29, 0.717) is 17.2 Å². The Kier molecular flexibility index (Phi) is 8.13. The van der Waals surface area contributed by atoms with E-state index in [9.17, 15) is 4.79 Å². The predicted molar refractivity (Wildman–Crippen MR) is 132 cm³/mol. The van der Waals surface area contributed by atoms with Gasteiger partial charge in [-0.3, -0.25) is 4.79 Å². The van der Waals surface area contributed by atoms with E-state index in [2.05, 4.69) is 5.32 Å². The highest BCUT2D eigenvalue weighted by molar-refractivity contribution is 6.02. The number of hydrogen-bond donors (Lipinski definition) is 1. The van der Waals surface area contributed by atoms with Gasteiger partial charge in [-0.15, -0.1) is 0 Å². The minimum absolute atomic E-state index is 0.225. The van der Waals surface area contributed by atoms with Crippen molar-refractivity contribution in [1.82, 2.24) is 0 Å². The highest BCUT2D eigenvalue weighted by atomic mass is 16.5. The van der Waals surface area contributed by atoms with Gasteiger partial charge in [0, 0.05) is 17.8 Å². The van der Waals surface area contributed by atoms with Gasteiger partial charge in [0.05, 0.1) is 28.4 Å². The molecule has 33 heavy (non-hydrogen) atoms. The smallest absolute Gasteiger partial charge is 0.248 e. The minimum Gasteiger partial charge on any atom is -0.497 e. The van der Waals surface area contributed by atoms with Gasteiger partial charge in [0.1, 0.15) is 11.5 Å². The van der Waals surface area contributed by atoms with Gasteiger partial charge in [0.25, 0.3) is 0 Å². The summed E-state index contributed by atoms with van der Waals surface area (Å²) >= 11 is 0. The molecule has 170 valence electrons. The third kappa shape index (κ3) is 6.64. The zero-order valence-corrected chi connectivity index (χ0v) is 19.1. The Morgan fingerprint density at radius 3 is 1.85 bits per heavy atom. The number of nitrogens with one attached hydrogen (secondary N) is 1. The van der Waals surface area contributed by atoms with E-state index in [0.717, 1.165) is 28.2 Å². The number of anilines is 1. The number of hydrogen-bond acceptors (Lipinski definition) is 5. The van der Waals surface area contributed by atoms with Crippen LogP contribution in [0.3, 0.4) is 0 Å². The van der Waals surface area contributed by atoms with Crippen LogP contribution in [0, 0.1) is 0 Å². The highest BCUT2D eigenvalue weighted by Gasteiger charge is 2.04. The largest absolute Gasteiger partial charge is 0.497 e.